The molecule has 150 valence electrons. The first-order chi connectivity index (χ1) is 13.0. The summed E-state index contributed by atoms with van der Waals surface area (Å²) >= 11 is -3.05. The molecule has 1 aromatic carbocycles. The summed E-state index contributed by atoms with van der Waals surface area (Å²) in [5, 5.41) is 1.12. The molecule has 0 bridgehead atoms. The summed E-state index contributed by atoms with van der Waals surface area (Å²) in [6.45, 7) is 6.61. The molecule has 0 aliphatic rings. The van der Waals surface area contributed by atoms with Crippen molar-refractivity contribution in [2.24, 2.45) is 0 Å². The van der Waals surface area contributed by atoms with E-state index in [1.165, 1.54) is 12.5 Å². The Labute approximate surface area is 166 Å². The van der Waals surface area contributed by atoms with E-state index in [2.05, 4.69) is 20.8 Å². The summed E-state index contributed by atoms with van der Waals surface area (Å²) in [5.41, 5.74) is 6.13. The van der Waals surface area contributed by atoms with Gasteiger partial charge in [-0.3, -0.25) is 0 Å². The number of unbranched alkanes of at least 4 members (excludes halogenated alkanes) is 4. The zero-order valence-corrected chi connectivity index (χ0v) is 19.9. The number of halogens is 2. The van der Waals surface area contributed by atoms with Gasteiger partial charge in [0.25, 0.3) is 0 Å². The quantitative estimate of drug-likeness (QED) is 0.291. The molecule has 0 aliphatic carbocycles. The van der Waals surface area contributed by atoms with Crippen LogP contribution in [0.5, 0.6) is 0 Å². The maximum absolute atomic E-state index is 14.9. The number of hydrogen-bond acceptors (Lipinski definition) is 2. The summed E-state index contributed by atoms with van der Waals surface area (Å²) < 4.78 is 33.4. The van der Waals surface area contributed by atoms with Gasteiger partial charge < -0.3 is 0 Å². The van der Waals surface area contributed by atoms with Crippen LogP contribution in [-0.4, -0.2) is 23.4 Å². The Kier molecular flexibility index (Phi) is 8.77. The average Bonchev–Trinajstić information content (AvgIpc) is 2.66. The number of nitrogens with zero attached hydrogens (tertiary/aromatic N) is 1. The van der Waals surface area contributed by atoms with Gasteiger partial charge in [0.2, 0.25) is 0 Å². The Morgan fingerprint density at radius 3 is 2.07 bits per heavy atom. The van der Waals surface area contributed by atoms with Gasteiger partial charge in [0.05, 0.1) is 0 Å². The second-order valence-electron chi connectivity index (χ2n) is 7.80. The molecule has 0 radical (unpaired) electrons. The van der Waals surface area contributed by atoms with Crippen LogP contribution in [-0.2, 0) is 0 Å². The van der Waals surface area contributed by atoms with E-state index in [1.54, 1.807) is 12.1 Å². The molecule has 2 nitrogen and oxygen atoms in total. The number of rotatable bonds is 11. The molecule has 0 spiro atoms. The van der Waals surface area contributed by atoms with Crippen molar-refractivity contribution in [3.8, 4) is 0 Å². The van der Waals surface area contributed by atoms with Crippen molar-refractivity contribution in [2.75, 3.05) is 5.73 Å². The number of pyridine rings is 1. The molecule has 0 atom stereocenters. The predicted molar refractivity (Wildman–Crippen MR) is 115 cm³/mol. The first-order valence-corrected chi connectivity index (χ1v) is 18.0. The number of nitrogen functional groups attached to an aromatic ring is 1. The Hall–Kier alpha value is -0.911. The summed E-state index contributed by atoms with van der Waals surface area (Å²) in [5.74, 6) is -1.08. The van der Waals surface area contributed by atoms with Gasteiger partial charge in [0.1, 0.15) is 0 Å². The van der Waals surface area contributed by atoms with Crippen LogP contribution in [0.4, 0.5) is 14.6 Å². The Morgan fingerprint density at radius 1 is 0.889 bits per heavy atom. The van der Waals surface area contributed by atoms with Gasteiger partial charge in [-0.25, -0.2) is 0 Å². The summed E-state index contributed by atoms with van der Waals surface area (Å²) in [7, 11) is 0. The monoisotopic (exact) mass is 484 g/mol. The van der Waals surface area contributed by atoms with Gasteiger partial charge in [-0.1, -0.05) is 0 Å². The van der Waals surface area contributed by atoms with Gasteiger partial charge in [0, 0.05) is 0 Å². The molecule has 0 aliphatic heterocycles. The van der Waals surface area contributed by atoms with Crippen LogP contribution < -0.4 is 9.44 Å². The van der Waals surface area contributed by atoms with E-state index in [0.717, 1.165) is 55.5 Å². The molecule has 0 amide bonds. The van der Waals surface area contributed by atoms with Gasteiger partial charge in [-0.2, -0.15) is 0 Å². The van der Waals surface area contributed by atoms with Gasteiger partial charge >= 0.3 is 167 Å². The molecular weight excluding hydrogens is 449 g/mol. The van der Waals surface area contributed by atoms with E-state index in [-0.39, 0.29) is 0 Å². The number of aromatic nitrogens is 1. The van der Waals surface area contributed by atoms with Gasteiger partial charge in [0.15, 0.2) is 0 Å². The Morgan fingerprint density at radius 2 is 1.48 bits per heavy atom. The van der Waals surface area contributed by atoms with E-state index in [9.17, 15) is 8.78 Å². The van der Waals surface area contributed by atoms with Crippen molar-refractivity contribution in [3.05, 3.63) is 29.8 Å². The van der Waals surface area contributed by atoms with Gasteiger partial charge in [-0.15, -0.1) is 0 Å². The van der Waals surface area contributed by atoms with Crippen LogP contribution in [0.3, 0.4) is 0 Å². The zero-order valence-electron chi connectivity index (χ0n) is 17.1. The molecule has 1 heterocycles. The number of nitrogens with two attached hydrogens (primary N) is 1. The van der Waals surface area contributed by atoms with E-state index in [4.69, 9.17) is 10.7 Å². The summed E-state index contributed by atoms with van der Waals surface area (Å²) in [6, 6.07) is 4.54. The molecule has 27 heavy (non-hydrogen) atoms. The molecule has 0 saturated carbocycles. The first kappa shape index (κ1) is 22.4. The van der Waals surface area contributed by atoms with E-state index in [1.807, 2.05) is 0 Å². The van der Waals surface area contributed by atoms with E-state index in [0.29, 0.717) is 16.6 Å². The van der Waals surface area contributed by atoms with Crippen LogP contribution >= 0.6 is 0 Å². The molecule has 1 aromatic heterocycles. The molecule has 0 fully saturated rings. The van der Waals surface area contributed by atoms with Crippen molar-refractivity contribution in [1.82, 2.24) is 4.98 Å². The number of hydrogen-bond donors (Lipinski definition) is 1. The fourth-order valence-corrected chi connectivity index (χ4v) is 20.1. The fourth-order valence-electron chi connectivity index (χ4n) is 4.16. The second-order valence-corrected chi connectivity index (χ2v) is 20.7. The van der Waals surface area contributed by atoms with Crippen molar-refractivity contribution in [1.29, 1.82) is 0 Å². The van der Waals surface area contributed by atoms with Crippen molar-refractivity contribution < 1.29 is 8.78 Å². The van der Waals surface area contributed by atoms with Crippen LogP contribution in [0.25, 0.3) is 10.8 Å². The molecule has 0 saturated heterocycles. The summed E-state index contributed by atoms with van der Waals surface area (Å²) in [6.07, 6.45) is 8.04. The van der Waals surface area contributed by atoms with Crippen LogP contribution in [0.15, 0.2) is 18.2 Å². The van der Waals surface area contributed by atoms with Crippen LogP contribution in [0.2, 0.25) is 13.3 Å². The van der Waals surface area contributed by atoms with Crippen LogP contribution in [0, 0.1) is 11.6 Å². The minimum absolute atomic E-state index is 0.420. The average molecular weight is 483 g/mol. The topological polar surface area (TPSA) is 38.9 Å². The maximum atomic E-state index is 14.9. The van der Waals surface area contributed by atoms with Crippen molar-refractivity contribution in [3.63, 3.8) is 0 Å². The SMILES string of the molecule is CCCC[CH2][Sn]([CH2]CCC)([CH2]CCC)[c]1nc(N)cc2ccc(F)c(F)c12. The van der Waals surface area contributed by atoms with Crippen molar-refractivity contribution >= 4 is 38.7 Å². The molecular formula is C22H34F2N2Sn. The molecule has 2 rings (SSSR count). The number of anilines is 1. The van der Waals surface area contributed by atoms with Crippen LogP contribution in [0.1, 0.15) is 65.7 Å². The van der Waals surface area contributed by atoms with Gasteiger partial charge in [-0.05, 0) is 0 Å². The predicted octanol–water partition coefficient (Wildman–Crippen LogP) is 6.54. The Bertz CT molecular complexity index is 741. The normalized spacial score (nSPS) is 12.0. The second kappa shape index (κ2) is 10.6. The third kappa shape index (κ3) is 5.33. The number of fused-ring (bicyclic) bond motifs is 1. The molecule has 2 aromatic rings. The third-order valence-corrected chi connectivity index (χ3v) is 20.8. The standard InChI is InChI=1S/C9H5F2N2.C5H11.2C4H9.Sn/c10-7-2-1-5-3-8(12)13-4-6(5)9(7)11;1-3-5-4-2;2*1-3-4-2;/h1-3H,(H2,12,13);1,3-5H2,2H3;2*1,3-4H2,2H3;. The zero-order chi connectivity index (χ0) is 19.9. The van der Waals surface area contributed by atoms with Crippen molar-refractivity contribution in [2.45, 2.75) is 79.0 Å². The molecule has 0 unspecified atom stereocenters. The molecule has 5 heteroatoms. The van der Waals surface area contributed by atoms with E-state index >= 15 is 0 Å². The Balaban J connectivity index is 2.69. The third-order valence-electron chi connectivity index (χ3n) is 5.69. The first-order valence-electron chi connectivity index (χ1n) is 10.5. The van der Waals surface area contributed by atoms with E-state index < -0.39 is 30.0 Å². The summed E-state index contributed by atoms with van der Waals surface area (Å²) in [4.78, 5) is 4.72. The number of benzene rings is 1. The fraction of sp³-hybridized carbons (Fsp3) is 0.591. The molecule has 2 N–H and O–H groups in total. The minimum atomic E-state index is -3.05.